The molecule has 2 saturated carbocycles. The molecule has 0 aromatic heterocycles. The van der Waals surface area contributed by atoms with E-state index in [4.69, 9.17) is 0 Å². The summed E-state index contributed by atoms with van der Waals surface area (Å²) >= 11 is 0. The Bertz CT molecular complexity index is 384. The highest BCUT2D eigenvalue weighted by atomic mass is 16.2. The van der Waals surface area contributed by atoms with Crippen LogP contribution in [0.1, 0.15) is 40.0 Å². The van der Waals surface area contributed by atoms with Crippen LogP contribution < -0.4 is 10.6 Å². The first-order valence-electron chi connectivity index (χ1n) is 8.14. The second-order valence-corrected chi connectivity index (χ2v) is 7.94. The molecule has 0 radical (unpaired) electrons. The van der Waals surface area contributed by atoms with Gasteiger partial charge in [0.15, 0.2) is 0 Å². The summed E-state index contributed by atoms with van der Waals surface area (Å²) in [5.41, 5.74) is 0.583. The molecule has 2 N–H and O–H groups in total. The Morgan fingerprint density at radius 2 is 2.00 bits per heavy atom. The van der Waals surface area contributed by atoms with Crippen molar-refractivity contribution in [2.45, 2.75) is 46.1 Å². The van der Waals surface area contributed by atoms with Gasteiger partial charge in [0.05, 0.1) is 6.54 Å². The van der Waals surface area contributed by atoms with E-state index in [2.05, 4.69) is 36.3 Å². The van der Waals surface area contributed by atoms with Gasteiger partial charge in [0, 0.05) is 32.2 Å². The number of carbonyl (C=O) groups excluding carboxylic acids is 1. The van der Waals surface area contributed by atoms with Gasteiger partial charge in [-0.15, -0.1) is 0 Å². The summed E-state index contributed by atoms with van der Waals surface area (Å²) in [6.07, 6.45) is 3.91. The third kappa shape index (κ3) is 2.37. The summed E-state index contributed by atoms with van der Waals surface area (Å²) in [7, 11) is 0. The number of piperazine rings is 1. The maximum absolute atomic E-state index is 12.4. The second-order valence-electron chi connectivity index (χ2n) is 7.94. The van der Waals surface area contributed by atoms with Gasteiger partial charge in [0.2, 0.25) is 5.91 Å². The third-order valence-corrected chi connectivity index (χ3v) is 6.15. The molecule has 3 rings (SSSR count). The maximum atomic E-state index is 12.4. The van der Waals surface area contributed by atoms with Crippen molar-refractivity contribution in [2.24, 2.45) is 16.7 Å². The normalized spacial score (nSPS) is 40.0. The van der Waals surface area contributed by atoms with Crippen LogP contribution in [0.25, 0.3) is 0 Å². The van der Waals surface area contributed by atoms with E-state index in [0.717, 1.165) is 32.1 Å². The monoisotopic (exact) mass is 279 g/mol. The molecule has 3 aliphatic rings. The van der Waals surface area contributed by atoms with Crippen molar-refractivity contribution in [2.75, 3.05) is 32.7 Å². The van der Waals surface area contributed by atoms with Crippen LogP contribution >= 0.6 is 0 Å². The fraction of sp³-hybridized carbons (Fsp3) is 0.938. The van der Waals surface area contributed by atoms with E-state index >= 15 is 0 Å². The van der Waals surface area contributed by atoms with Gasteiger partial charge in [0.25, 0.3) is 0 Å². The first kappa shape index (κ1) is 14.3. The van der Waals surface area contributed by atoms with E-state index in [1.807, 2.05) is 0 Å². The van der Waals surface area contributed by atoms with Gasteiger partial charge < -0.3 is 10.6 Å². The van der Waals surface area contributed by atoms with E-state index in [-0.39, 0.29) is 11.3 Å². The molecule has 4 nitrogen and oxygen atoms in total. The van der Waals surface area contributed by atoms with E-state index in [1.54, 1.807) is 0 Å². The first-order valence-corrected chi connectivity index (χ1v) is 8.14. The predicted octanol–water partition coefficient (Wildman–Crippen LogP) is 1.22. The topological polar surface area (TPSA) is 44.4 Å². The summed E-state index contributed by atoms with van der Waals surface area (Å²) in [5, 5.41) is 6.72. The summed E-state index contributed by atoms with van der Waals surface area (Å²) in [4.78, 5) is 14.7. The Morgan fingerprint density at radius 1 is 1.30 bits per heavy atom. The molecule has 0 aromatic rings. The number of rotatable bonds is 3. The van der Waals surface area contributed by atoms with Gasteiger partial charge >= 0.3 is 0 Å². The molecule has 1 aliphatic heterocycles. The molecule has 3 atom stereocenters. The summed E-state index contributed by atoms with van der Waals surface area (Å²) < 4.78 is 0. The standard InChI is InChI=1S/C16H29N3O/c1-15(2)12-4-5-16(3,10-12)14(15)18-13(20)11-19-8-6-17-7-9-19/h12,14,17H,4-11H2,1-3H3,(H,18,20). The second kappa shape index (κ2) is 4.99. The van der Waals surface area contributed by atoms with E-state index in [1.165, 1.54) is 19.3 Å². The first-order chi connectivity index (χ1) is 9.42. The van der Waals surface area contributed by atoms with Crippen molar-refractivity contribution in [3.8, 4) is 0 Å². The van der Waals surface area contributed by atoms with Gasteiger partial charge in [-0.3, -0.25) is 9.69 Å². The SMILES string of the molecule is CC12CCC(C1)C(C)(C)C2NC(=O)CN1CCNCC1. The van der Waals surface area contributed by atoms with Gasteiger partial charge in [0.1, 0.15) is 0 Å². The van der Waals surface area contributed by atoms with Crippen molar-refractivity contribution in [1.29, 1.82) is 0 Å². The average Bonchev–Trinajstić information content (AvgIpc) is 2.87. The average molecular weight is 279 g/mol. The summed E-state index contributed by atoms with van der Waals surface area (Å²) in [6, 6.07) is 0.351. The molecule has 1 amide bonds. The van der Waals surface area contributed by atoms with Crippen molar-refractivity contribution in [3.63, 3.8) is 0 Å². The Morgan fingerprint density at radius 3 is 2.60 bits per heavy atom. The number of fused-ring (bicyclic) bond motifs is 2. The predicted molar refractivity (Wildman–Crippen MR) is 80.5 cm³/mol. The molecule has 1 saturated heterocycles. The van der Waals surface area contributed by atoms with Crippen LogP contribution in [0.2, 0.25) is 0 Å². The minimum atomic E-state index is 0.221. The van der Waals surface area contributed by atoms with Crippen LogP contribution in [0, 0.1) is 16.7 Å². The van der Waals surface area contributed by atoms with Crippen molar-refractivity contribution in [3.05, 3.63) is 0 Å². The Labute approximate surface area is 122 Å². The number of hydrogen-bond acceptors (Lipinski definition) is 3. The lowest BCUT2D eigenvalue weighted by Crippen LogP contribution is -2.55. The number of carbonyl (C=O) groups is 1. The summed E-state index contributed by atoms with van der Waals surface area (Å²) in [6.45, 7) is 11.6. The molecule has 0 aromatic carbocycles. The largest absolute Gasteiger partial charge is 0.351 e. The molecule has 114 valence electrons. The smallest absolute Gasteiger partial charge is 0.234 e. The Balaban J connectivity index is 1.60. The molecule has 2 bridgehead atoms. The highest BCUT2D eigenvalue weighted by Crippen LogP contribution is 2.62. The van der Waals surface area contributed by atoms with Gasteiger partial charge in [-0.25, -0.2) is 0 Å². The van der Waals surface area contributed by atoms with Crippen molar-refractivity contribution in [1.82, 2.24) is 15.5 Å². The van der Waals surface area contributed by atoms with Crippen LogP contribution in [0.4, 0.5) is 0 Å². The molecule has 20 heavy (non-hydrogen) atoms. The molecule has 1 heterocycles. The Hall–Kier alpha value is -0.610. The van der Waals surface area contributed by atoms with Gasteiger partial charge in [-0.1, -0.05) is 20.8 Å². The number of nitrogens with one attached hydrogen (secondary N) is 2. The molecular formula is C16H29N3O. The molecule has 3 unspecified atom stereocenters. The lowest BCUT2D eigenvalue weighted by Gasteiger charge is -2.43. The maximum Gasteiger partial charge on any atom is 0.234 e. The fourth-order valence-corrected chi connectivity index (χ4v) is 4.94. The minimum Gasteiger partial charge on any atom is -0.351 e. The van der Waals surface area contributed by atoms with Crippen LogP contribution in [-0.4, -0.2) is 49.6 Å². The molecule has 0 spiro atoms. The van der Waals surface area contributed by atoms with Gasteiger partial charge in [-0.05, 0) is 36.0 Å². The summed E-state index contributed by atoms with van der Waals surface area (Å²) in [5.74, 6) is 1.01. The molecule has 2 aliphatic carbocycles. The molecule has 4 heteroatoms. The zero-order chi connectivity index (χ0) is 14.4. The zero-order valence-corrected chi connectivity index (χ0v) is 13.2. The van der Waals surface area contributed by atoms with Gasteiger partial charge in [-0.2, -0.15) is 0 Å². The van der Waals surface area contributed by atoms with E-state index < -0.39 is 0 Å². The minimum absolute atomic E-state index is 0.221. The van der Waals surface area contributed by atoms with E-state index in [9.17, 15) is 4.79 Å². The lowest BCUT2D eigenvalue weighted by atomic mass is 9.68. The molecule has 3 fully saturated rings. The Kier molecular flexibility index (Phi) is 3.57. The van der Waals surface area contributed by atoms with Crippen LogP contribution in [0.15, 0.2) is 0 Å². The number of hydrogen-bond donors (Lipinski definition) is 2. The van der Waals surface area contributed by atoms with Crippen LogP contribution in [-0.2, 0) is 4.79 Å². The van der Waals surface area contributed by atoms with Crippen molar-refractivity contribution < 1.29 is 4.79 Å². The van der Waals surface area contributed by atoms with Crippen LogP contribution in [0.5, 0.6) is 0 Å². The lowest BCUT2D eigenvalue weighted by molar-refractivity contribution is -0.125. The van der Waals surface area contributed by atoms with E-state index in [0.29, 0.717) is 18.0 Å². The quantitative estimate of drug-likeness (QED) is 0.816. The van der Waals surface area contributed by atoms with Crippen LogP contribution in [0.3, 0.4) is 0 Å². The zero-order valence-electron chi connectivity index (χ0n) is 13.2. The number of nitrogens with zero attached hydrogens (tertiary/aromatic N) is 1. The van der Waals surface area contributed by atoms with Crippen molar-refractivity contribution >= 4 is 5.91 Å². The number of amides is 1. The third-order valence-electron chi connectivity index (χ3n) is 6.15. The highest BCUT2D eigenvalue weighted by Gasteiger charge is 2.59. The highest BCUT2D eigenvalue weighted by molar-refractivity contribution is 5.78. The molecular weight excluding hydrogens is 250 g/mol. The fourth-order valence-electron chi connectivity index (χ4n) is 4.94.